The summed E-state index contributed by atoms with van der Waals surface area (Å²) in [7, 11) is 0. The standard InChI is InChI=1S/C18H19N7O3/c1-4-6-8-24-9-7-15(28-5-2)16(17(24)27)22-23-18-21-13(10-19)14(11-20)25(18)12(3)26/h7,9H,4-6,8H2,1-3H3/b23-22+. The highest BCUT2D eigenvalue weighted by Gasteiger charge is 2.20. The average Bonchev–Trinajstić information content (AvgIpc) is 3.05. The van der Waals surface area contributed by atoms with E-state index in [1.165, 1.54) is 11.5 Å². The fourth-order valence-corrected chi connectivity index (χ4v) is 2.46. The molecule has 0 aliphatic rings. The van der Waals surface area contributed by atoms with E-state index in [1.807, 2.05) is 6.92 Å². The van der Waals surface area contributed by atoms with Gasteiger partial charge in [0.25, 0.3) is 11.5 Å². The molecular formula is C18H19N7O3. The third-order valence-corrected chi connectivity index (χ3v) is 3.78. The van der Waals surface area contributed by atoms with Crippen LogP contribution in [-0.4, -0.2) is 26.6 Å². The van der Waals surface area contributed by atoms with Crippen LogP contribution in [0.2, 0.25) is 0 Å². The van der Waals surface area contributed by atoms with Crippen LogP contribution < -0.4 is 10.3 Å². The molecule has 2 rings (SSSR count). The second-order valence-electron chi connectivity index (χ2n) is 5.70. The van der Waals surface area contributed by atoms with Crippen LogP contribution in [0.3, 0.4) is 0 Å². The van der Waals surface area contributed by atoms with Gasteiger partial charge >= 0.3 is 0 Å². The number of imidazole rings is 1. The highest BCUT2D eigenvalue weighted by atomic mass is 16.5. The van der Waals surface area contributed by atoms with Crippen molar-refractivity contribution in [3.05, 3.63) is 34.0 Å². The molecule has 0 spiro atoms. The number of nitriles is 2. The molecule has 0 saturated heterocycles. The number of unbranched alkanes of at least 4 members (excludes halogenated alkanes) is 1. The Morgan fingerprint density at radius 2 is 2.04 bits per heavy atom. The summed E-state index contributed by atoms with van der Waals surface area (Å²) in [4.78, 5) is 28.5. The molecule has 0 bridgehead atoms. The molecule has 2 aromatic heterocycles. The second kappa shape index (κ2) is 9.24. The molecule has 0 aliphatic carbocycles. The van der Waals surface area contributed by atoms with Gasteiger partial charge in [-0.2, -0.15) is 15.5 Å². The molecule has 0 aromatic carbocycles. The molecule has 0 amide bonds. The van der Waals surface area contributed by atoms with Gasteiger partial charge in [-0.3, -0.25) is 9.59 Å². The lowest BCUT2D eigenvalue weighted by Gasteiger charge is -2.09. The van der Waals surface area contributed by atoms with Gasteiger partial charge in [-0.25, -0.2) is 4.57 Å². The Bertz CT molecular complexity index is 1050. The average molecular weight is 381 g/mol. The van der Waals surface area contributed by atoms with Crippen molar-refractivity contribution < 1.29 is 9.53 Å². The highest BCUT2D eigenvalue weighted by Crippen LogP contribution is 2.26. The summed E-state index contributed by atoms with van der Waals surface area (Å²) in [6, 6.07) is 5.11. The first kappa shape index (κ1) is 20.5. The number of aryl methyl sites for hydroxylation is 1. The molecule has 0 aliphatic heterocycles. The fraction of sp³-hybridized carbons (Fsp3) is 0.389. The Morgan fingerprint density at radius 3 is 2.61 bits per heavy atom. The van der Waals surface area contributed by atoms with Gasteiger partial charge in [0.2, 0.25) is 5.91 Å². The molecule has 28 heavy (non-hydrogen) atoms. The molecule has 10 nitrogen and oxygen atoms in total. The van der Waals surface area contributed by atoms with E-state index >= 15 is 0 Å². The van der Waals surface area contributed by atoms with Crippen LogP contribution in [0.15, 0.2) is 27.3 Å². The van der Waals surface area contributed by atoms with Gasteiger partial charge in [0.05, 0.1) is 6.61 Å². The summed E-state index contributed by atoms with van der Waals surface area (Å²) in [5, 5.41) is 26.1. The predicted molar refractivity (Wildman–Crippen MR) is 98.9 cm³/mol. The van der Waals surface area contributed by atoms with E-state index in [9.17, 15) is 14.9 Å². The van der Waals surface area contributed by atoms with E-state index in [2.05, 4.69) is 15.2 Å². The lowest BCUT2D eigenvalue weighted by molar-refractivity contribution is 0.0937. The monoisotopic (exact) mass is 381 g/mol. The highest BCUT2D eigenvalue weighted by molar-refractivity contribution is 5.81. The van der Waals surface area contributed by atoms with Crippen molar-refractivity contribution in [2.45, 2.75) is 40.2 Å². The van der Waals surface area contributed by atoms with Crippen LogP contribution in [0.5, 0.6) is 5.75 Å². The molecule has 0 N–H and O–H groups in total. The van der Waals surface area contributed by atoms with Crippen molar-refractivity contribution in [3.8, 4) is 17.9 Å². The summed E-state index contributed by atoms with van der Waals surface area (Å²) in [5.74, 6) is -0.574. The minimum absolute atomic E-state index is 0.0458. The van der Waals surface area contributed by atoms with Crippen molar-refractivity contribution in [1.29, 1.82) is 10.5 Å². The van der Waals surface area contributed by atoms with E-state index in [-0.39, 0.29) is 28.8 Å². The van der Waals surface area contributed by atoms with E-state index in [0.717, 1.165) is 17.4 Å². The third kappa shape index (κ3) is 4.13. The second-order valence-corrected chi connectivity index (χ2v) is 5.70. The molecule has 0 atom stereocenters. The molecule has 0 unspecified atom stereocenters. The zero-order chi connectivity index (χ0) is 20.7. The molecule has 2 heterocycles. The van der Waals surface area contributed by atoms with Crippen LogP contribution >= 0.6 is 0 Å². The van der Waals surface area contributed by atoms with Crippen molar-refractivity contribution >= 4 is 17.5 Å². The van der Waals surface area contributed by atoms with Crippen molar-refractivity contribution in [2.75, 3.05) is 6.61 Å². The Morgan fingerprint density at radius 1 is 1.29 bits per heavy atom. The van der Waals surface area contributed by atoms with E-state index < -0.39 is 11.5 Å². The van der Waals surface area contributed by atoms with Gasteiger partial charge in [0.1, 0.15) is 12.1 Å². The first-order valence-corrected chi connectivity index (χ1v) is 8.70. The number of azo groups is 1. The molecule has 144 valence electrons. The number of aromatic nitrogens is 3. The maximum absolute atomic E-state index is 12.7. The molecule has 0 radical (unpaired) electrons. The number of rotatable bonds is 7. The van der Waals surface area contributed by atoms with Crippen LogP contribution in [0.25, 0.3) is 0 Å². The van der Waals surface area contributed by atoms with Crippen molar-refractivity contribution in [2.24, 2.45) is 10.2 Å². The first-order chi connectivity index (χ1) is 13.5. The van der Waals surface area contributed by atoms with Crippen molar-refractivity contribution in [1.82, 2.24) is 14.1 Å². The van der Waals surface area contributed by atoms with Gasteiger partial charge in [0, 0.05) is 19.7 Å². The van der Waals surface area contributed by atoms with Crippen molar-refractivity contribution in [3.63, 3.8) is 0 Å². The van der Waals surface area contributed by atoms with Crippen LogP contribution in [0, 0.1) is 22.7 Å². The Labute approximate surface area is 161 Å². The van der Waals surface area contributed by atoms with E-state index in [4.69, 9.17) is 10.00 Å². The zero-order valence-corrected chi connectivity index (χ0v) is 15.8. The minimum atomic E-state index is -0.557. The largest absolute Gasteiger partial charge is 0.491 e. The maximum atomic E-state index is 12.7. The van der Waals surface area contributed by atoms with Crippen LogP contribution in [0.4, 0.5) is 11.6 Å². The number of hydrogen-bond acceptors (Lipinski definition) is 8. The van der Waals surface area contributed by atoms with E-state index in [1.54, 1.807) is 31.3 Å². The van der Waals surface area contributed by atoms with Gasteiger partial charge < -0.3 is 9.30 Å². The Hall–Kier alpha value is -3.79. The fourth-order valence-electron chi connectivity index (χ4n) is 2.46. The molecule has 10 heteroatoms. The topological polar surface area (TPSA) is 138 Å². The number of pyridine rings is 1. The molecule has 2 aromatic rings. The lowest BCUT2D eigenvalue weighted by Crippen LogP contribution is -2.19. The van der Waals surface area contributed by atoms with Gasteiger partial charge in [-0.15, -0.1) is 10.2 Å². The number of hydrogen-bond donors (Lipinski definition) is 0. The Kier molecular flexibility index (Phi) is 6.77. The number of carbonyl (C=O) groups excluding carboxylic acids is 1. The number of nitrogens with zero attached hydrogens (tertiary/aromatic N) is 7. The summed E-state index contributed by atoms with van der Waals surface area (Å²) >= 11 is 0. The summed E-state index contributed by atoms with van der Waals surface area (Å²) in [6.07, 6.45) is 3.36. The first-order valence-electron chi connectivity index (χ1n) is 8.70. The van der Waals surface area contributed by atoms with Gasteiger partial charge in [-0.05, 0) is 19.4 Å². The smallest absolute Gasteiger partial charge is 0.282 e. The number of ether oxygens (including phenoxy) is 1. The normalized spacial score (nSPS) is 10.6. The SMILES string of the molecule is CCCCn1ccc(OCC)c(/N=N/c2nc(C#N)c(C#N)n2C(C)=O)c1=O. The molecular weight excluding hydrogens is 362 g/mol. The summed E-state index contributed by atoms with van der Waals surface area (Å²) in [5.41, 5.74) is -0.923. The van der Waals surface area contributed by atoms with E-state index in [0.29, 0.717) is 13.2 Å². The third-order valence-electron chi connectivity index (χ3n) is 3.78. The van der Waals surface area contributed by atoms with Gasteiger partial charge in [0.15, 0.2) is 22.8 Å². The minimum Gasteiger partial charge on any atom is -0.491 e. The number of carbonyl (C=O) groups is 1. The molecule has 0 saturated carbocycles. The zero-order valence-electron chi connectivity index (χ0n) is 15.8. The van der Waals surface area contributed by atoms with Crippen LogP contribution in [-0.2, 0) is 6.54 Å². The Balaban J connectivity index is 2.59. The summed E-state index contributed by atoms with van der Waals surface area (Å²) < 4.78 is 7.82. The van der Waals surface area contributed by atoms with Crippen LogP contribution in [0.1, 0.15) is 49.8 Å². The maximum Gasteiger partial charge on any atom is 0.282 e. The summed E-state index contributed by atoms with van der Waals surface area (Å²) in [6.45, 7) is 5.82. The lowest BCUT2D eigenvalue weighted by atomic mass is 10.3. The quantitative estimate of drug-likeness (QED) is 0.675. The predicted octanol–water partition coefficient (Wildman–Crippen LogP) is 3.06. The molecule has 0 fully saturated rings. The van der Waals surface area contributed by atoms with Gasteiger partial charge in [-0.1, -0.05) is 13.3 Å².